The molecule has 1 saturated heterocycles. The minimum atomic E-state index is -1.85. The molecule has 1 fully saturated rings. The maximum absolute atomic E-state index is 11.7. The molecule has 1 N–H and O–H groups in total. The number of likely N-dealkylation sites (tertiary alicyclic amines) is 1. The quantitative estimate of drug-likeness (QED) is 0.168. The monoisotopic (exact) mass is 420 g/mol. The van der Waals surface area contributed by atoms with Crippen LogP contribution >= 0.6 is 8.60 Å². The summed E-state index contributed by atoms with van der Waals surface area (Å²) >= 11 is 0. The first-order valence-corrected chi connectivity index (χ1v) is 12.3. The van der Waals surface area contributed by atoms with Crippen LogP contribution in [0.5, 0.6) is 0 Å². The Morgan fingerprint density at radius 3 is 2.36 bits per heavy atom. The van der Waals surface area contributed by atoms with Crippen LogP contribution in [0.15, 0.2) is 0 Å². The summed E-state index contributed by atoms with van der Waals surface area (Å²) in [6, 6.07) is 0. The highest BCUT2D eigenvalue weighted by atomic mass is 31.2. The fourth-order valence-electron chi connectivity index (χ4n) is 3.42. The molecule has 0 saturated carbocycles. The van der Waals surface area contributed by atoms with Crippen LogP contribution in [-0.2, 0) is 18.6 Å². The number of hydrogen-bond acceptors (Lipinski definition) is 5. The third-order valence-corrected chi connectivity index (χ3v) is 6.45. The van der Waals surface area contributed by atoms with Gasteiger partial charge in [-0.25, -0.2) is 0 Å². The third-order valence-electron chi connectivity index (χ3n) is 5.64. The molecule has 0 spiro atoms. The topological polar surface area (TPSA) is 65.0 Å². The van der Waals surface area contributed by atoms with Gasteiger partial charge in [-0.2, -0.15) is 0 Å². The van der Waals surface area contributed by atoms with Crippen molar-refractivity contribution in [3.05, 3.63) is 0 Å². The van der Waals surface area contributed by atoms with E-state index in [4.69, 9.17) is 13.8 Å². The van der Waals surface area contributed by atoms with Crippen molar-refractivity contribution in [2.75, 3.05) is 46.5 Å². The molecule has 0 aromatic rings. The molecular weight excluding hydrogens is 377 g/mol. The molecule has 0 bridgehead atoms. The number of rotatable bonds is 16. The van der Waals surface area contributed by atoms with Gasteiger partial charge in [0.2, 0.25) is 0 Å². The summed E-state index contributed by atoms with van der Waals surface area (Å²) in [5.74, 6) is 0.639. The largest absolute Gasteiger partial charge is 0.466 e. The zero-order chi connectivity index (χ0) is 20.7. The van der Waals surface area contributed by atoms with E-state index < -0.39 is 8.60 Å². The van der Waals surface area contributed by atoms with Crippen molar-refractivity contribution in [2.45, 2.75) is 78.1 Å². The van der Waals surface area contributed by atoms with E-state index in [-0.39, 0.29) is 5.97 Å². The standard InChI is InChI=1S/C21H43NO5P/c1-4-5-6-7-8-9-17-25-21(23)11-10-18-26-28(24)27-19-16-22(3)14-12-20(2)13-15-22/h20,24H,4-19H2,1-3H3/q+1. The van der Waals surface area contributed by atoms with Crippen LogP contribution in [0.3, 0.4) is 0 Å². The molecule has 0 amide bonds. The number of unbranched alkanes of at least 4 members (excludes halogenated alkanes) is 5. The number of carbonyl (C=O) groups is 1. The molecular formula is C21H43NO5P+. The number of hydrogen-bond donors (Lipinski definition) is 1. The van der Waals surface area contributed by atoms with E-state index in [1.807, 2.05) is 0 Å². The summed E-state index contributed by atoms with van der Waals surface area (Å²) in [5.41, 5.74) is 0. The van der Waals surface area contributed by atoms with Gasteiger partial charge in [0, 0.05) is 6.42 Å². The molecule has 1 aliphatic heterocycles. The molecule has 0 aliphatic carbocycles. The van der Waals surface area contributed by atoms with Crippen LogP contribution < -0.4 is 0 Å². The van der Waals surface area contributed by atoms with Crippen LogP contribution in [0.25, 0.3) is 0 Å². The Bertz CT molecular complexity index is 402. The summed E-state index contributed by atoms with van der Waals surface area (Å²) < 4.78 is 17.0. The normalized spacial score (nSPS) is 23.5. The molecule has 7 heteroatoms. The first kappa shape index (κ1) is 25.8. The van der Waals surface area contributed by atoms with E-state index in [1.54, 1.807) is 0 Å². The average Bonchev–Trinajstić information content (AvgIpc) is 2.67. The number of ether oxygens (including phenoxy) is 1. The number of nitrogens with zero attached hydrogens (tertiary/aromatic N) is 1. The van der Waals surface area contributed by atoms with Crippen molar-refractivity contribution in [2.24, 2.45) is 5.92 Å². The van der Waals surface area contributed by atoms with Gasteiger partial charge in [-0.05, 0) is 31.6 Å². The molecule has 1 unspecified atom stereocenters. The number of esters is 1. The van der Waals surface area contributed by atoms with Crippen molar-refractivity contribution in [3.8, 4) is 0 Å². The smallest absolute Gasteiger partial charge is 0.330 e. The van der Waals surface area contributed by atoms with Crippen molar-refractivity contribution < 1.29 is 28.0 Å². The lowest BCUT2D eigenvalue weighted by atomic mass is 9.97. The molecule has 166 valence electrons. The number of quaternary nitrogens is 1. The summed E-state index contributed by atoms with van der Waals surface area (Å²) in [6.07, 6.45) is 10.5. The van der Waals surface area contributed by atoms with Crippen LogP contribution in [0, 0.1) is 5.92 Å². The van der Waals surface area contributed by atoms with Crippen LogP contribution in [-0.4, -0.2) is 61.8 Å². The van der Waals surface area contributed by atoms with Crippen LogP contribution in [0.1, 0.15) is 78.1 Å². The summed E-state index contributed by atoms with van der Waals surface area (Å²) in [4.78, 5) is 21.5. The molecule has 0 aromatic carbocycles. The molecule has 0 aromatic heterocycles. The second-order valence-corrected chi connectivity index (χ2v) is 9.46. The Labute approximate surface area is 173 Å². The lowest BCUT2D eigenvalue weighted by molar-refractivity contribution is -0.915. The van der Waals surface area contributed by atoms with E-state index >= 15 is 0 Å². The van der Waals surface area contributed by atoms with E-state index in [2.05, 4.69) is 20.9 Å². The maximum Gasteiger partial charge on any atom is 0.330 e. The predicted molar refractivity (Wildman–Crippen MR) is 114 cm³/mol. The molecule has 0 radical (unpaired) electrons. The summed E-state index contributed by atoms with van der Waals surface area (Å²) in [7, 11) is 0.404. The first-order chi connectivity index (χ1) is 13.4. The van der Waals surface area contributed by atoms with Crippen molar-refractivity contribution in [1.29, 1.82) is 0 Å². The van der Waals surface area contributed by atoms with Crippen molar-refractivity contribution in [1.82, 2.24) is 0 Å². The molecule has 1 atom stereocenters. The Morgan fingerprint density at radius 2 is 1.64 bits per heavy atom. The average molecular weight is 421 g/mol. The fourth-order valence-corrected chi connectivity index (χ4v) is 4.02. The Morgan fingerprint density at radius 1 is 1.00 bits per heavy atom. The van der Waals surface area contributed by atoms with Gasteiger partial charge in [0.15, 0.2) is 0 Å². The minimum Gasteiger partial charge on any atom is -0.466 e. The fraction of sp³-hybridized carbons (Fsp3) is 0.952. The predicted octanol–water partition coefficient (Wildman–Crippen LogP) is 4.80. The first-order valence-electron chi connectivity index (χ1n) is 11.2. The summed E-state index contributed by atoms with van der Waals surface area (Å²) in [5, 5.41) is 0. The minimum absolute atomic E-state index is 0.183. The molecule has 6 nitrogen and oxygen atoms in total. The highest BCUT2D eigenvalue weighted by molar-refractivity contribution is 7.40. The molecule has 28 heavy (non-hydrogen) atoms. The lowest BCUT2D eigenvalue weighted by Gasteiger charge is -2.39. The van der Waals surface area contributed by atoms with E-state index in [0.29, 0.717) is 32.7 Å². The van der Waals surface area contributed by atoms with Crippen LogP contribution in [0.2, 0.25) is 0 Å². The lowest BCUT2D eigenvalue weighted by Crippen LogP contribution is -2.51. The van der Waals surface area contributed by atoms with Crippen molar-refractivity contribution >= 4 is 14.6 Å². The van der Waals surface area contributed by atoms with Crippen LogP contribution in [0.4, 0.5) is 0 Å². The highest BCUT2D eigenvalue weighted by Gasteiger charge is 2.28. The molecule has 1 heterocycles. The van der Waals surface area contributed by atoms with Gasteiger partial charge < -0.3 is 23.2 Å². The number of carbonyl (C=O) groups excluding carboxylic acids is 1. The van der Waals surface area contributed by atoms with Gasteiger partial charge in [0.05, 0.1) is 33.4 Å². The van der Waals surface area contributed by atoms with Crippen molar-refractivity contribution in [3.63, 3.8) is 0 Å². The van der Waals surface area contributed by atoms with E-state index in [9.17, 15) is 9.69 Å². The molecule has 1 rings (SSSR count). The Kier molecular flexibility index (Phi) is 14.3. The third kappa shape index (κ3) is 13.1. The van der Waals surface area contributed by atoms with Gasteiger partial charge >= 0.3 is 14.6 Å². The van der Waals surface area contributed by atoms with Gasteiger partial charge in [0.1, 0.15) is 13.2 Å². The van der Waals surface area contributed by atoms with Gasteiger partial charge in [-0.3, -0.25) is 4.79 Å². The van der Waals surface area contributed by atoms with E-state index in [0.717, 1.165) is 29.8 Å². The Hall–Kier alpha value is -0.260. The number of piperidine rings is 1. The van der Waals surface area contributed by atoms with Gasteiger partial charge in [-0.15, -0.1) is 0 Å². The van der Waals surface area contributed by atoms with E-state index in [1.165, 1.54) is 51.6 Å². The highest BCUT2D eigenvalue weighted by Crippen LogP contribution is 2.33. The zero-order valence-electron chi connectivity index (χ0n) is 18.4. The SMILES string of the molecule is CCCCCCCCOC(=O)CCCOP(O)OCC[N+]1(C)CCC(C)CC1. The summed E-state index contributed by atoms with van der Waals surface area (Å²) in [6.45, 7) is 9.11. The second-order valence-electron chi connectivity index (χ2n) is 8.47. The Balaban J connectivity index is 1.93. The maximum atomic E-state index is 11.7. The zero-order valence-corrected chi connectivity index (χ0v) is 19.3. The second kappa shape index (κ2) is 15.6. The van der Waals surface area contributed by atoms with Gasteiger partial charge in [-0.1, -0.05) is 46.0 Å². The molecule has 1 aliphatic rings. The number of likely N-dealkylation sites (N-methyl/N-ethyl adjacent to an activating group) is 1. The van der Waals surface area contributed by atoms with Gasteiger partial charge in [0.25, 0.3) is 0 Å².